The lowest BCUT2D eigenvalue weighted by Crippen LogP contribution is -2.32. The number of para-hydroxylation sites is 1. The topological polar surface area (TPSA) is 80.8 Å². The van der Waals surface area contributed by atoms with Gasteiger partial charge in [-0.05, 0) is 49.2 Å². The van der Waals surface area contributed by atoms with Crippen LogP contribution in [0.25, 0.3) is 0 Å². The molecular formula is C23H18ClNO5. The first-order valence-electron chi connectivity index (χ1n) is 9.55. The highest BCUT2D eigenvalue weighted by Crippen LogP contribution is 2.38. The van der Waals surface area contributed by atoms with E-state index in [9.17, 15) is 19.2 Å². The van der Waals surface area contributed by atoms with Crippen LogP contribution in [0.1, 0.15) is 33.6 Å². The predicted octanol–water partition coefficient (Wildman–Crippen LogP) is 3.84. The summed E-state index contributed by atoms with van der Waals surface area (Å²) in [5.41, 5.74) is 0.613. The van der Waals surface area contributed by atoms with E-state index in [0.29, 0.717) is 23.4 Å². The van der Waals surface area contributed by atoms with Crippen molar-refractivity contribution in [3.8, 4) is 0 Å². The molecule has 0 N–H and O–H groups in total. The number of Topliss-reactive ketones (excluding diaryl/α,β-unsaturated/α-hetero) is 1. The average Bonchev–Trinajstić information content (AvgIpc) is 3.02. The molecule has 0 spiro atoms. The van der Waals surface area contributed by atoms with Crippen LogP contribution in [0.4, 0.5) is 5.69 Å². The summed E-state index contributed by atoms with van der Waals surface area (Å²) >= 11 is 5.81. The number of halogens is 1. The van der Waals surface area contributed by atoms with Crippen LogP contribution in [0.3, 0.4) is 0 Å². The number of ether oxygens (including phenoxy) is 1. The van der Waals surface area contributed by atoms with Crippen molar-refractivity contribution in [1.82, 2.24) is 0 Å². The number of nitrogens with zero attached hydrogens (tertiary/aromatic N) is 1. The minimum Gasteiger partial charge on any atom is -0.454 e. The Morgan fingerprint density at radius 2 is 1.53 bits per heavy atom. The molecule has 0 aromatic heterocycles. The molecule has 0 radical (unpaired) electrons. The van der Waals surface area contributed by atoms with Gasteiger partial charge in [-0.15, -0.1) is 0 Å². The Kier molecular flexibility index (Phi) is 5.50. The number of carbonyl (C=O) groups excluding carboxylic acids is 4. The monoisotopic (exact) mass is 423 g/mol. The Morgan fingerprint density at radius 1 is 0.933 bits per heavy atom. The first kappa shape index (κ1) is 20.0. The first-order valence-corrected chi connectivity index (χ1v) is 9.93. The number of anilines is 1. The largest absolute Gasteiger partial charge is 0.454 e. The number of allylic oxidation sites excluding steroid dienone is 2. The second-order valence-corrected chi connectivity index (χ2v) is 7.63. The summed E-state index contributed by atoms with van der Waals surface area (Å²) in [5.74, 6) is -2.60. The normalized spacial score (nSPS) is 20.2. The van der Waals surface area contributed by atoms with Crippen molar-refractivity contribution >= 4 is 40.9 Å². The van der Waals surface area contributed by atoms with Gasteiger partial charge in [0.2, 0.25) is 11.8 Å². The molecule has 2 aliphatic rings. The quantitative estimate of drug-likeness (QED) is 0.316. The lowest BCUT2D eigenvalue weighted by molar-refractivity contribution is -0.122. The molecule has 1 fully saturated rings. The molecule has 1 aliphatic carbocycles. The molecular weight excluding hydrogens is 406 g/mol. The van der Waals surface area contributed by atoms with Gasteiger partial charge in [0.25, 0.3) is 0 Å². The Morgan fingerprint density at radius 3 is 2.17 bits per heavy atom. The molecule has 1 aliphatic heterocycles. The molecule has 1 saturated heterocycles. The van der Waals surface area contributed by atoms with E-state index < -0.39 is 24.4 Å². The van der Waals surface area contributed by atoms with Crippen LogP contribution < -0.4 is 4.90 Å². The van der Waals surface area contributed by atoms with Gasteiger partial charge < -0.3 is 4.74 Å². The number of benzene rings is 2. The fraction of sp³-hybridized carbons (Fsp3) is 0.217. The predicted molar refractivity (Wildman–Crippen MR) is 110 cm³/mol. The molecule has 152 valence electrons. The van der Waals surface area contributed by atoms with Crippen LogP contribution in [0.5, 0.6) is 0 Å². The van der Waals surface area contributed by atoms with Crippen LogP contribution in [-0.4, -0.2) is 30.2 Å². The van der Waals surface area contributed by atoms with Crippen LogP contribution in [0, 0.1) is 11.8 Å². The van der Waals surface area contributed by atoms with Crippen LogP contribution in [-0.2, 0) is 14.3 Å². The van der Waals surface area contributed by atoms with Gasteiger partial charge in [-0.25, -0.2) is 9.69 Å². The fourth-order valence-electron chi connectivity index (χ4n) is 3.81. The summed E-state index contributed by atoms with van der Waals surface area (Å²) in [6.45, 7) is -0.466. The minimum atomic E-state index is -0.776. The third-order valence-electron chi connectivity index (χ3n) is 5.37. The number of hydrogen-bond acceptors (Lipinski definition) is 5. The standard InChI is InChI=1S/C23H18ClNO5/c24-15-11-9-14(10-12-15)20(26)13-30-23(29)18-7-3-4-8-19(18)25-21(27)16-5-1-2-6-17(16)22(25)28/h1-4,7-12,16-17H,5-6,13H2. The summed E-state index contributed by atoms with van der Waals surface area (Å²) in [6, 6.07) is 12.5. The summed E-state index contributed by atoms with van der Waals surface area (Å²) in [5, 5.41) is 0.494. The number of hydrogen-bond donors (Lipinski definition) is 0. The molecule has 0 bridgehead atoms. The SMILES string of the molecule is O=C(COC(=O)c1ccccc1N1C(=O)C2CC=CCC2C1=O)c1ccc(Cl)cc1. The minimum absolute atomic E-state index is 0.0645. The zero-order valence-electron chi connectivity index (χ0n) is 15.9. The maximum absolute atomic E-state index is 12.9. The van der Waals surface area contributed by atoms with Gasteiger partial charge in [0.1, 0.15) is 0 Å². The molecule has 2 amide bonds. The second kappa shape index (κ2) is 8.24. The Hall–Kier alpha value is -3.25. The van der Waals surface area contributed by atoms with E-state index >= 15 is 0 Å². The van der Waals surface area contributed by atoms with Gasteiger partial charge in [-0.2, -0.15) is 0 Å². The molecule has 6 nitrogen and oxygen atoms in total. The van der Waals surface area contributed by atoms with Crippen molar-refractivity contribution in [2.24, 2.45) is 11.8 Å². The van der Waals surface area contributed by atoms with Crippen molar-refractivity contribution in [1.29, 1.82) is 0 Å². The number of imide groups is 1. The van der Waals surface area contributed by atoms with E-state index in [1.165, 1.54) is 12.1 Å². The van der Waals surface area contributed by atoms with Gasteiger partial charge in [-0.3, -0.25) is 14.4 Å². The van der Waals surface area contributed by atoms with E-state index in [1.54, 1.807) is 36.4 Å². The average molecular weight is 424 g/mol. The molecule has 0 saturated carbocycles. The zero-order valence-corrected chi connectivity index (χ0v) is 16.7. The van der Waals surface area contributed by atoms with Gasteiger partial charge in [0, 0.05) is 10.6 Å². The fourth-order valence-corrected chi connectivity index (χ4v) is 3.93. The third-order valence-corrected chi connectivity index (χ3v) is 5.62. The van der Waals surface area contributed by atoms with Gasteiger partial charge in [-0.1, -0.05) is 35.9 Å². The summed E-state index contributed by atoms with van der Waals surface area (Å²) in [7, 11) is 0. The van der Waals surface area contributed by atoms with Gasteiger partial charge in [0.15, 0.2) is 12.4 Å². The van der Waals surface area contributed by atoms with E-state index in [0.717, 1.165) is 4.90 Å². The van der Waals surface area contributed by atoms with Gasteiger partial charge in [0.05, 0.1) is 23.1 Å². The highest BCUT2D eigenvalue weighted by molar-refractivity contribution is 6.30. The third kappa shape index (κ3) is 3.66. The van der Waals surface area contributed by atoms with E-state index in [1.807, 2.05) is 12.2 Å². The maximum atomic E-state index is 12.9. The number of amides is 2. The van der Waals surface area contributed by atoms with E-state index in [4.69, 9.17) is 16.3 Å². The smallest absolute Gasteiger partial charge is 0.340 e. The maximum Gasteiger partial charge on any atom is 0.340 e. The number of fused-ring (bicyclic) bond motifs is 1. The van der Waals surface area contributed by atoms with Crippen LogP contribution in [0.15, 0.2) is 60.7 Å². The molecule has 7 heteroatoms. The zero-order chi connectivity index (χ0) is 21.3. The van der Waals surface area contributed by atoms with Crippen molar-refractivity contribution in [2.75, 3.05) is 11.5 Å². The van der Waals surface area contributed by atoms with Gasteiger partial charge >= 0.3 is 5.97 Å². The molecule has 2 aromatic rings. The van der Waals surface area contributed by atoms with Crippen molar-refractivity contribution in [3.63, 3.8) is 0 Å². The number of rotatable bonds is 5. The molecule has 30 heavy (non-hydrogen) atoms. The summed E-state index contributed by atoms with van der Waals surface area (Å²) in [6.07, 6.45) is 4.82. The highest BCUT2D eigenvalue weighted by Gasteiger charge is 2.48. The Labute approximate surface area is 178 Å². The molecule has 2 unspecified atom stereocenters. The summed E-state index contributed by atoms with van der Waals surface area (Å²) in [4.78, 5) is 51.7. The van der Waals surface area contributed by atoms with Crippen molar-refractivity contribution in [3.05, 3.63) is 76.8 Å². The van der Waals surface area contributed by atoms with Crippen LogP contribution >= 0.6 is 11.6 Å². The van der Waals surface area contributed by atoms with Crippen molar-refractivity contribution < 1.29 is 23.9 Å². The molecule has 4 rings (SSSR count). The lowest BCUT2D eigenvalue weighted by Gasteiger charge is -2.18. The van der Waals surface area contributed by atoms with Crippen LogP contribution in [0.2, 0.25) is 5.02 Å². The second-order valence-electron chi connectivity index (χ2n) is 7.19. The Bertz CT molecular complexity index is 1030. The molecule has 2 atom stereocenters. The number of esters is 1. The first-order chi connectivity index (χ1) is 14.5. The highest BCUT2D eigenvalue weighted by atomic mass is 35.5. The van der Waals surface area contributed by atoms with Crippen molar-refractivity contribution in [2.45, 2.75) is 12.8 Å². The number of carbonyl (C=O) groups is 4. The molecule has 2 aromatic carbocycles. The Balaban J connectivity index is 1.52. The number of ketones is 1. The van der Waals surface area contributed by atoms with E-state index in [-0.39, 0.29) is 28.8 Å². The molecule has 1 heterocycles. The van der Waals surface area contributed by atoms with E-state index in [2.05, 4.69) is 0 Å². The summed E-state index contributed by atoms with van der Waals surface area (Å²) < 4.78 is 5.18. The lowest BCUT2D eigenvalue weighted by atomic mass is 9.85.